The quantitative estimate of drug-likeness (QED) is 0.902. The van der Waals surface area contributed by atoms with Gasteiger partial charge in [0.05, 0.1) is 31.2 Å². The Bertz CT molecular complexity index is 526. The number of amides is 1. The van der Waals surface area contributed by atoms with Crippen molar-refractivity contribution >= 4 is 5.91 Å². The van der Waals surface area contributed by atoms with Crippen LogP contribution in [0.25, 0.3) is 0 Å². The van der Waals surface area contributed by atoms with Gasteiger partial charge in [0.25, 0.3) is 0 Å². The van der Waals surface area contributed by atoms with Crippen LogP contribution in [0.2, 0.25) is 0 Å². The van der Waals surface area contributed by atoms with Gasteiger partial charge in [-0.1, -0.05) is 0 Å². The molecule has 5 heteroatoms. The van der Waals surface area contributed by atoms with Crippen LogP contribution in [0.4, 0.5) is 0 Å². The summed E-state index contributed by atoms with van der Waals surface area (Å²) in [5.74, 6) is 1.43. The number of likely N-dealkylation sites (tertiary alicyclic amines) is 1. The summed E-state index contributed by atoms with van der Waals surface area (Å²) in [4.78, 5) is 14.8. The van der Waals surface area contributed by atoms with Crippen molar-refractivity contribution in [1.29, 1.82) is 0 Å². The van der Waals surface area contributed by atoms with Crippen LogP contribution in [-0.4, -0.2) is 43.2 Å². The predicted molar refractivity (Wildman–Crippen MR) is 85.7 cm³/mol. The van der Waals surface area contributed by atoms with Gasteiger partial charge in [0.15, 0.2) is 0 Å². The predicted octanol–water partition coefficient (Wildman–Crippen LogP) is 2.03. The number of hydrogen-bond donors (Lipinski definition) is 1. The van der Waals surface area contributed by atoms with E-state index in [4.69, 9.17) is 9.15 Å². The second-order valence-corrected chi connectivity index (χ2v) is 7.41. The summed E-state index contributed by atoms with van der Waals surface area (Å²) in [7, 11) is 0. The van der Waals surface area contributed by atoms with Gasteiger partial charge in [0.1, 0.15) is 0 Å². The fourth-order valence-corrected chi connectivity index (χ4v) is 3.88. The van der Waals surface area contributed by atoms with Crippen molar-refractivity contribution < 1.29 is 13.9 Å². The van der Waals surface area contributed by atoms with E-state index in [1.807, 2.05) is 12.3 Å². The van der Waals surface area contributed by atoms with Gasteiger partial charge >= 0.3 is 0 Å². The third kappa shape index (κ3) is 3.78. The topological polar surface area (TPSA) is 54.7 Å². The zero-order valence-corrected chi connectivity index (χ0v) is 13.6. The minimum Gasteiger partial charge on any atom is -0.472 e. The molecule has 3 atom stereocenters. The standard InChI is InChI=1S/C18H26N2O3/c21-18(19-8-13-1-2-13)16-7-15-10-20(5-3-17(15)23-12-16)9-14-4-6-22-11-14/h4,6,11,13,15-17H,1-3,5,7-10,12H2,(H,19,21)/t15-,16-,17+/m1/s1. The Kier molecular flexibility index (Phi) is 4.40. The maximum atomic E-state index is 12.3. The van der Waals surface area contributed by atoms with Crippen molar-refractivity contribution in [3.8, 4) is 0 Å². The second kappa shape index (κ2) is 6.65. The third-order valence-electron chi connectivity index (χ3n) is 5.47. The van der Waals surface area contributed by atoms with Gasteiger partial charge in [-0.25, -0.2) is 0 Å². The van der Waals surface area contributed by atoms with Gasteiger partial charge in [-0.15, -0.1) is 0 Å². The number of rotatable bonds is 5. The molecule has 0 spiro atoms. The molecule has 1 saturated carbocycles. The van der Waals surface area contributed by atoms with Crippen molar-refractivity contribution in [1.82, 2.24) is 10.2 Å². The lowest BCUT2D eigenvalue weighted by atomic mass is 9.83. The highest BCUT2D eigenvalue weighted by Crippen LogP contribution is 2.32. The van der Waals surface area contributed by atoms with E-state index in [-0.39, 0.29) is 11.8 Å². The van der Waals surface area contributed by atoms with Gasteiger partial charge in [-0.3, -0.25) is 9.69 Å². The van der Waals surface area contributed by atoms with Crippen molar-refractivity contribution in [2.75, 3.05) is 26.2 Å². The highest BCUT2D eigenvalue weighted by molar-refractivity contribution is 5.78. The van der Waals surface area contributed by atoms with Crippen LogP contribution in [-0.2, 0) is 16.1 Å². The molecule has 0 unspecified atom stereocenters. The van der Waals surface area contributed by atoms with E-state index in [0.29, 0.717) is 18.6 Å². The van der Waals surface area contributed by atoms with E-state index in [1.54, 1.807) is 6.26 Å². The van der Waals surface area contributed by atoms with Crippen LogP contribution in [0, 0.1) is 17.8 Å². The number of ether oxygens (including phenoxy) is 1. The zero-order chi connectivity index (χ0) is 15.6. The normalized spacial score (nSPS) is 31.6. The zero-order valence-electron chi connectivity index (χ0n) is 13.6. The highest BCUT2D eigenvalue weighted by Gasteiger charge is 2.38. The molecule has 23 heavy (non-hydrogen) atoms. The number of piperidine rings is 1. The molecule has 2 saturated heterocycles. The van der Waals surface area contributed by atoms with E-state index >= 15 is 0 Å². The Morgan fingerprint density at radius 3 is 3.04 bits per heavy atom. The Morgan fingerprint density at radius 2 is 2.26 bits per heavy atom. The first kappa shape index (κ1) is 15.2. The van der Waals surface area contributed by atoms with E-state index in [2.05, 4.69) is 10.2 Å². The number of fused-ring (bicyclic) bond motifs is 1. The third-order valence-corrected chi connectivity index (χ3v) is 5.47. The maximum absolute atomic E-state index is 12.3. The molecule has 0 radical (unpaired) electrons. The first-order valence-corrected chi connectivity index (χ1v) is 8.90. The molecule has 0 bridgehead atoms. The molecule has 1 aliphatic carbocycles. The van der Waals surface area contributed by atoms with Gasteiger partial charge in [0.2, 0.25) is 5.91 Å². The molecule has 2 aliphatic heterocycles. The Balaban J connectivity index is 1.29. The molecule has 0 aromatic carbocycles. The monoisotopic (exact) mass is 318 g/mol. The lowest BCUT2D eigenvalue weighted by Crippen LogP contribution is -2.50. The maximum Gasteiger partial charge on any atom is 0.225 e. The molecule has 3 fully saturated rings. The number of carbonyl (C=O) groups is 1. The van der Waals surface area contributed by atoms with Crippen LogP contribution < -0.4 is 5.32 Å². The first-order chi connectivity index (χ1) is 11.3. The largest absolute Gasteiger partial charge is 0.472 e. The van der Waals surface area contributed by atoms with E-state index in [9.17, 15) is 4.79 Å². The number of carbonyl (C=O) groups excluding carboxylic acids is 1. The summed E-state index contributed by atoms with van der Waals surface area (Å²) in [6.45, 7) is 4.46. The van der Waals surface area contributed by atoms with Crippen LogP contribution in [0.5, 0.6) is 0 Å². The number of furan rings is 1. The summed E-state index contributed by atoms with van der Waals surface area (Å²) in [6, 6.07) is 2.03. The average Bonchev–Trinajstić information content (AvgIpc) is 3.27. The highest BCUT2D eigenvalue weighted by atomic mass is 16.5. The summed E-state index contributed by atoms with van der Waals surface area (Å²) in [5.41, 5.74) is 1.22. The van der Waals surface area contributed by atoms with Gasteiger partial charge < -0.3 is 14.5 Å². The van der Waals surface area contributed by atoms with E-state index in [0.717, 1.165) is 44.9 Å². The molecule has 1 aromatic rings. The molecule has 5 nitrogen and oxygen atoms in total. The minimum absolute atomic E-state index is 0.0314. The molecule has 3 heterocycles. The lowest BCUT2D eigenvalue weighted by Gasteiger charge is -2.43. The van der Waals surface area contributed by atoms with Crippen LogP contribution in [0.3, 0.4) is 0 Å². The Morgan fingerprint density at radius 1 is 1.35 bits per heavy atom. The number of nitrogens with zero attached hydrogens (tertiary/aromatic N) is 1. The Labute approximate surface area is 137 Å². The van der Waals surface area contributed by atoms with Gasteiger partial charge in [-0.2, -0.15) is 0 Å². The summed E-state index contributed by atoms with van der Waals surface area (Å²) < 4.78 is 11.2. The van der Waals surface area contributed by atoms with Gasteiger partial charge in [-0.05, 0) is 43.6 Å². The van der Waals surface area contributed by atoms with Crippen molar-refractivity contribution in [3.05, 3.63) is 24.2 Å². The summed E-state index contributed by atoms with van der Waals surface area (Å²) in [5, 5.41) is 3.11. The number of hydrogen-bond acceptors (Lipinski definition) is 4. The molecular formula is C18H26N2O3. The Hall–Kier alpha value is -1.33. The van der Waals surface area contributed by atoms with Gasteiger partial charge in [0, 0.05) is 31.7 Å². The van der Waals surface area contributed by atoms with Crippen molar-refractivity contribution in [2.24, 2.45) is 17.8 Å². The van der Waals surface area contributed by atoms with E-state index in [1.165, 1.54) is 18.4 Å². The summed E-state index contributed by atoms with van der Waals surface area (Å²) >= 11 is 0. The molecule has 4 rings (SSSR count). The fraction of sp³-hybridized carbons (Fsp3) is 0.722. The number of nitrogens with one attached hydrogen (secondary N) is 1. The lowest BCUT2D eigenvalue weighted by molar-refractivity contribution is -0.139. The molecule has 3 aliphatic rings. The molecule has 1 N–H and O–H groups in total. The fourth-order valence-electron chi connectivity index (χ4n) is 3.88. The first-order valence-electron chi connectivity index (χ1n) is 8.90. The van der Waals surface area contributed by atoms with Crippen molar-refractivity contribution in [3.63, 3.8) is 0 Å². The van der Waals surface area contributed by atoms with Crippen molar-refractivity contribution in [2.45, 2.75) is 38.3 Å². The molecule has 1 aromatic heterocycles. The molecule has 126 valence electrons. The van der Waals surface area contributed by atoms with Crippen LogP contribution in [0.15, 0.2) is 23.0 Å². The summed E-state index contributed by atoms with van der Waals surface area (Å²) in [6.07, 6.45) is 8.46. The second-order valence-electron chi connectivity index (χ2n) is 7.41. The average molecular weight is 318 g/mol. The van der Waals surface area contributed by atoms with E-state index < -0.39 is 0 Å². The SMILES string of the molecule is O=C(NCC1CC1)[C@H]1CO[C@H]2CCN(Cc3ccoc3)C[C@H]2C1. The molecular weight excluding hydrogens is 292 g/mol. The smallest absolute Gasteiger partial charge is 0.225 e. The molecule has 1 amide bonds. The minimum atomic E-state index is 0.0314. The van der Waals surface area contributed by atoms with Crippen LogP contribution >= 0.6 is 0 Å². The van der Waals surface area contributed by atoms with Crippen LogP contribution in [0.1, 0.15) is 31.2 Å².